The summed E-state index contributed by atoms with van der Waals surface area (Å²) in [5.74, 6) is 1.13. The number of carbonyl (C=O) groups is 1. The Kier molecular flexibility index (Phi) is 4.35. The minimum absolute atomic E-state index is 0.122. The van der Waals surface area contributed by atoms with Crippen LogP contribution in [-0.4, -0.2) is 11.9 Å². The van der Waals surface area contributed by atoms with Gasteiger partial charge in [0.2, 0.25) is 0 Å². The van der Waals surface area contributed by atoms with E-state index in [0.717, 1.165) is 18.8 Å². The molecule has 0 heterocycles. The van der Waals surface area contributed by atoms with E-state index in [1.807, 2.05) is 0 Å². The molecule has 0 spiro atoms. The standard InChI is InChI=1S/C15H21ClN2O/c1-9-3-6-14(10(2)7-9)18-15(19)12-8-11(17)4-5-13(12)16/h4-5,8-10,14H,3,6-7,17H2,1-2H3,(H,18,19). The Morgan fingerprint density at radius 1 is 1.37 bits per heavy atom. The molecule has 4 heteroatoms. The predicted octanol–water partition coefficient (Wildman–Crippen LogP) is 3.48. The molecule has 1 amide bonds. The summed E-state index contributed by atoms with van der Waals surface area (Å²) in [7, 11) is 0. The lowest BCUT2D eigenvalue weighted by Gasteiger charge is -2.33. The predicted molar refractivity (Wildman–Crippen MR) is 79.3 cm³/mol. The highest BCUT2D eigenvalue weighted by Gasteiger charge is 2.27. The number of nitrogens with one attached hydrogen (secondary N) is 1. The fraction of sp³-hybridized carbons (Fsp3) is 0.533. The highest BCUT2D eigenvalue weighted by molar-refractivity contribution is 6.34. The van der Waals surface area contributed by atoms with Crippen molar-refractivity contribution in [3.05, 3.63) is 28.8 Å². The second kappa shape index (κ2) is 5.83. The number of anilines is 1. The number of hydrogen-bond acceptors (Lipinski definition) is 2. The minimum atomic E-state index is -0.122. The van der Waals surface area contributed by atoms with Crippen LogP contribution in [0.1, 0.15) is 43.5 Å². The third-order valence-corrected chi connectivity index (χ3v) is 4.31. The highest BCUT2D eigenvalue weighted by Crippen LogP contribution is 2.29. The molecule has 1 aliphatic carbocycles. The molecule has 3 unspecified atom stereocenters. The molecular weight excluding hydrogens is 260 g/mol. The summed E-state index contributed by atoms with van der Waals surface area (Å²) in [5.41, 5.74) is 6.73. The molecule has 104 valence electrons. The maximum absolute atomic E-state index is 12.3. The van der Waals surface area contributed by atoms with Crippen LogP contribution >= 0.6 is 11.6 Å². The third kappa shape index (κ3) is 3.41. The zero-order valence-corrected chi connectivity index (χ0v) is 12.2. The summed E-state index contributed by atoms with van der Waals surface area (Å²) in [4.78, 5) is 12.3. The van der Waals surface area contributed by atoms with Gasteiger partial charge in [0.05, 0.1) is 10.6 Å². The van der Waals surface area contributed by atoms with E-state index >= 15 is 0 Å². The van der Waals surface area contributed by atoms with Gasteiger partial charge in [-0.2, -0.15) is 0 Å². The van der Waals surface area contributed by atoms with E-state index in [-0.39, 0.29) is 11.9 Å². The van der Waals surface area contributed by atoms with Crippen LogP contribution < -0.4 is 11.1 Å². The van der Waals surface area contributed by atoms with Crippen molar-refractivity contribution < 1.29 is 4.79 Å². The average Bonchev–Trinajstić information content (AvgIpc) is 2.35. The lowest BCUT2D eigenvalue weighted by Crippen LogP contribution is -2.42. The van der Waals surface area contributed by atoms with E-state index in [2.05, 4.69) is 19.2 Å². The number of carbonyl (C=O) groups excluding carboxylic acids is 1. The number of nitrogens with two attached hydrogens (primary N) is 1. The summed E-state index contributed by atoms with van der Waals surface area (Å²) < 4.78 is 0. The first-order valence-corrected chi connectivity index (χ1v) is 7.21. The lowest BCUT2D eigenvalue weighted by atomic mass is 9.80. The summed E-state index contributed by atoms with van der Waals surface area (Å²) in [6.45, 7) is 4.46. The zero-order chi connectivity index (χ0) is 14.0. The molecule has 1 aromatic carbocycles. The molecule has 0 bridgehead atoms. The maximum Gasteiger partial charge on any atom is 0.253 e. The molecule has 2 rings (SSSR count). The van der Waals surface area contributed by atoms with Gasteiger partial charge in [0.25, 0.3) is 5.91 Å². The van der Waals surface area contributed by atoms with Crippen molar-refractivity contribution in [2.45, 2.75) is 39.2 Å². The number of nitrogen functional groups attached to an aromatic ring is 1. The van der Waals surface area contributed by atoms with Gasteiger partial charge in [0.1, 0.15) is 0 Å². The zero-order valence-electron chi connectivity index (χ0n) is 11.4. The van der Waals surface area contributed by atoms with Crippen LogP contribution in [0.2, 0.25) is 5.02 Å². The number of hydrogen-bond donors (Lipinski definition) is 2. The van der Waals surface area contributed by atoms with Crippen molar-refractivity contribution in [2.24, 2.45) is 11.8 Å². The molecular formula is C15H21ClN2O. The van der Waals surface area contributed by atoms with Crippen LogP contribution in [0.3, 0.4) is 0 Å². The Balaban J connectivity index is 2.06. The molecule has 1 saturated carbocycles. The molecule has 19 heavy (non-hydrogen) atoms. The first-order valence-electron chi connectivity index (χ1n) is 6.83. The number of rotatable bonds is 2. The Morgan fingerprint density at radius 3 is 2.79 bits per heavy atom. The Bertz CT molecular complexity index is 475. The summed E-state index contributed by atoms with van der Waals surface area (Å²) in [6.07, 6.45) is 3.36. The van der Waals surface area contributed by atoms with Gasteiger partial charge < -0.3 is 11.1 Å². The van der Waals surface area contributed by atoms with Crippen molar-refractivity contribution in [3.8, 4) is 0 Å². The molecule has 0 radical (unpaired) electrons. The van der Waals surface area contributed by atoms with E-state index in [1.165, 1.54) is 6.42 Å². The van der Waals surface area contributed by atoms with Gasteiger partial charge in [-0.3, -0.25) is 4.79 Å². The number of amides is 1. The van der Waals surface area contributed by atoms with E-state index in [0.29, 0.717) is 22.2 Å². The minimum Gasteiger partial charge on any atom is -0.399 e. The van der Waals surface area contributed by atoms with E-state index in [4.69, 9.17) is 17.3 Å². The van der Waals surface area contributed by atoms with Crippen molar-refractivity contribution in [1.29, 1.82) is 0 Å². The molecule has 1 aromatic rings. The van der Waals surface area contributed by atoms with E-state index in [9.17, 15) is 4.79 Å². The van der Waals surface area contributed by atoms with Gasteiger partial charge in [0, 0.05) is 11.7 Å². The van der Waals surface area contributed by atoms with Crippen LogP contribution in [0.25, 0.3) is 0 Å². The summed E-state index contributed by atoms with van der Waals surface area (Å²) in [5, 5.41) is 3.54. The van der Waals surface area contributed by atoms with Gasteiger partial charge in [0.15, 0.2) is 0 Å². The lowest BCUT2D eigenvalue weighted by molar-refractivity contribution is 0.0900. The van der Waals surface area contributed by atoms with Gasteiger partial charge >= 0.3 is 0 Å². The largest absolute Gasteiger partial charge is 0.399 e. The molecule has 1 aliphatic rings. The van der Waals surface area contributed by atoms with Crippen LogP contribution in [-0.2, 0) is 0 Å². The number of halogens is 1. The van der Waals surface area contributed by atoms with Gasteiger partial charge in [-0.05, 0) is 49.3 Å². The maximum atomic E-state index is 12.3. The number of benzene rings is 1. The molecule has 0 aliphatic heterocycles. The Morgan fingerprint density at radius 2 is 2.11 bits per heavy atom. The Labute approximate surface area is 119 Å². The van der Waals surface area contributed by atoms with Gasteiger partial charge in [-0.15, -0.1) is 0 Å². The average molecular weight is 281 g/mol. The van der Waals surface area contributed by atoms with Crippen molar-refractivity contribution in [2.75, 3.05) is 5.73 Å². The molecule has 3 N–H and O–H groups in total. The van der Waals surface area contributed by atoms with Crippen LogP contribution in [0.4, 0.5) is 5.69 Å². The summed E-state index contributed by atoms with van der Waals surface area (Å²) >= 11 is 6.05. The first-order chi connectivity index (χ1) is 8.97. The topological polar surface area (TPSA) is 55.1 Å². The van der Waals surface area contributed by atoms with Crippen molar-refractivity contribution in [1.82, 2.24) is 5.32 Å². The Hall–Kier alpha value is -1.22. The third-order valence-electron chi connectivity index (χ3n) is 3.98. The fourth-order valence-electron chi connectivity index (χ4n) is 2.84. The monoisotopic (exact) mass is 280 g/mol. The SMILES string of the molecule is CC1CCC(NC(=O)c2cc(N)ccc2Cl)C(C)C1. The van der Waals surface area contributed by atoms with Crippen molar-refractivity contribution >= 4 is 23.2 Å². The van der Waals surface area contributed by atoms with Crippen LogP contribution in [0.15, 0.2) is 18.2 Å². The smallest absolute Gasteiger partial charge is 0.253 e. The fourth-order valence-corrected chi connectivity index (χ4v) is 3.05. The highest BCUT2D eigenvalue weighted by atomic mass is 35.5. The second-order valence-corrected chi connectivity index (χ2v) is 6.12. The first kappa shape index (κ1) is 14.2. The second-order valence-electron chi connectivity index (χ2n) is 5.71. The quantitative estimate of drug-likeness (QED) is 0.815. The van der Waals surface area contributed by atoms with Gasteiger partial charge in [-0.1, -0.05) is 25.4 Å². The molecule has 1 fully saturated rings. The van der Waals surface area contributed by atoms with E-state index < -0.39 is 0 Å². The molecule has 3 nitrogen and oxygen atoms in total. The summed E-state index contributed by atoms with van der Waals surface area (Å²) in [6, 6.07) is 5.23. The molecule has 3 atom stereocenters. The van der Waals surface area contributed by atoms with Crippen LogP contribution in [0.5, 0.6) is 0 Å². The molecule has 0 saturated heterocycles. The normalized spacial score (nSPS) is 27.0. The van der Waals surface area contributed by atoms with E-state index in [1.54, 1.807) is 18.2 Å². The van der Waals surface area contributed by atoms with Crippen molar-refractivity contribution in [3.63, 3.8) is 0 Å². The van der Waals surface area contributed by atoms with Crippen LogP contribution in [0, 0.1) is 11.8 Å². The van der Waals surface area contributed by atoms with Gasteiger partial charge in [-0.25, -0.2) is 0 Å². The molecule has 0 aromatic heterocycles.